The zero-order valence-corrected chi connectivity index (χ0v) is 22.1. The summed E-state index contributed by atoms with van der Waals surface area (Å²) in [5.41, 5.74) is 0.577. The van der Waals surface area contributed by atoms with Crippen LogP contribution in [0.2, 0.25) is 0 Å². The van der Waals surface area contributed by atoms with Crippen molar-refractivity contribution in [1.29, 1.82) is 0 Å². The summed E-state index contributed by atoms with van der Waals surface area (Å²) in [6.45, 7) is 5.93. The first-order chi connectivity index (χ1) is 17.1. The first kappa shape index (κ1) is 29.4. The molecule has 3 rings (SSSR count). The molecule has 37 heavy (non-hydrogen) atoms. The van der Waals surface area contributed by atoms with Crippen LogP contribution in [0.15, 0.2) is 66.7 Å². The van der Waals surface area contributed by atoms with E-state index in [4.69, 9.17) is 18.9 Å². The molecule has 0 aliphatic rings. The molecule has 0 aliphatic carbocycles. The number of nitrogens with one attached hydrogen (secondary N) is 1. The highest BCUT2D eigenvalue weighted by molar-refractivity contribution is 5.99. The van der Waals surface area contributed by atoms with E-state index in [0.717, 1.165) is 0 Å². The van der Waals surface area contributed by atoms with Gasteiger partial charge in [0.1, 0.15) is 11.5 Å². The van der Waals surface area contributed by atoms with Crippen molar-refractivity contribution in [3.05, 3.63) is 83.4 Å². The molecule has 8 nitrogen and oxygen atoms in total. The molecule has 9 heteroatoms. The maximum Gasteiger partial charge on any atom is 0.343 e. The zero-order valence-electron chi connectivity index (χ0n) is 21.3. The second kappa shape index (κ2) is 12.9. The third-order valence-corrected chi connectivity index (χ3v) is 5.10. The summed E-state index contributed by atoms with van der Waals surface area (Å²) in [7, 11) is 3.05. The SMILES string of the molecule is COc1ccc(C(=O)Oc2ccc(C(=O)CNC(C)(C)C)cc2OC(=O)c2ccc(OC)cc2)cc1.Cl. The van der Waals surface area contributed by atoms with Crippen molar-refractivity contribution in [2.45, 2.75) is 26.3 Å². The average molecular weight is 528 g/mol. The normalized spacial score (nSPS) is 10.6. The largest absolute Gasteiger partial charge is 0.497 e. The van der Waals surface area contributed by atoms with Gasteiger partial charge < -0.3 is 24.3 Å². The molecule has 0 unspecified atom stereocenters. The lowest BCUT2D eigenvalue weighted by atomic mass is 10.1. The average Bonchev–Trinajstić information content (AvgIpc) is 2.87. The molecule has 0 heterocycles. The lowest BCUT2D eigenvalue weighted by molar-refractivity contribution is 0.0682. The molecule has 0 radical (unpaired) electrons. The Balaban J connectivity index is 0.00000481. The summed E-state index contributed by atoms with van der Waals surface area (Å²) in [6, 6.07) is 17.1. The fraction of sp³-hybridized carbons (Fsp3) is 0.250. The summed E-state index contributed by atoms with van der Waals surface area (Å²) in [4.78, 5) is 38.3. The highest BCUT2D eigenvalue weighted by Gasteiger charge is 2.20. The summed E-state index contributed by atoms with van der Waals surface area (Å²) < 4.78 is 21.3. The van der Waals surface area contributed by atoms with Crippen molar-refractivity contribution in [3.8, 4) is 23.0 Å². The summed E-state index contributed by atoms with van der Waals surface area (Å²) in [6.07, 6.45) is 0. The van der Waals surface area contributed by atoms with Crippen LogP contribution in [0.1, 0.15) is 51.8 Å². The molecule has 0 saturated carbocycles. The van der Waals surface area contributed by atoms with Crippen molar-refractivity contribution < 1.29 is 33.3 Å². The van der Waals surface area contributed by atoms with Crippen molar-refractivity contribution in [1.82, 2.24) is 5.32 Å². The van der Waals surface area contributed by atoms with E-state index >= 15 is 0 Å². The molecule has 0 fully saturated rings. The van der Waals surface area contributed by atoms with Gasteiger partial charge in [-0.25, -0.2) is 9.59 Å². The summed E-state index contributed by atoms with van der Waals surface area (Å²) in [5, 5.41) is 3.13. The predicted octanol–water partition coefficient (Wildman–Crippen LogP) is 5.13. The number of ether oxygens (including phenoxy) is 4. The highest BCUT2D eigenvalue weighted by atomic mass is 35.5. The maximum absolute atomic E-state index is 12.8. The molecule has 3 aromatic carbocycles. The van der Waals surface area contributed by atoms with Gasteiger partial charge >= 0.3 is 11.9 Å². The number of benzene rings is 3. The van der Waals surface area contributed by atoms with Crippen LogP contribution in [0, 0.1) is 0 Å². The van der Waals surface area contributed by atoms with Crippen LogP contribution in [0.25, 0.3) is 0 Å². The fourth-order valence-electron chi connectivity index (χ4n) is 3.06. The number of ketones is 1. The van der Waals surface area contributed by atoms with Gasteiger partial charge in [0.25, 0.3) is 0 Å². The molecule has 3 aromatic rings. The Bertz CT molecular complexity index is 1230. The maximum atomic E-state index is 12.8. The van der Waals surface area contributed by atoms with Crippen LogP contribution >= 0.6 is 12.4 Å². The van der Waals surface area contributed by atoms with E-state index in [0.29, 0.717) is 17.1 Å². The van der Waals surface area contributed by atoms with E-state index in [1.54, 1.807) is 48.5 Å². The lowest BCUT2D eigenvalue weighted by Crippen LogP contribution is -2.39. The smallest absolute Gasteiger partial charge is 0.343 e. The number of carbonyl (C=O) groups is 3. The fourth-order valence-corrected chi connectivity index (χ4v) is 3.06. The van der Waals surface area contributed by atoms with E-state index in [2.05, 4.69) is 5.32 Å². The molecule has 0 aromatic heterocycles. The van der Waals surface area contributed by atoms with Crippen molar-refractivity contribution in [2.24, 2.45) is 0 Å². The molecule has 0 saturated heterocycles. The number of methoxy groups -OCH3 is 2. The summed E-state index contributed by atoms with van der Waals surface area (Å²) >= 11 is 0. The Hall–Kier alpha value is -3.88. The van der Waals surface area contributed by atoms with Crippen LogP contribution in [0.4, 0.5) is 0 Å². The Morgan fingerprint density at radius 2 is 1.11 bits per heavy atom. The Morgan fingerprint density at radius 1 is 0.676 bits per heavy atom. The van der Waals surface area contributed by atoms with Gasteiger partial charge in [-0.15, -0.1) is 12.4 Å². The third-order valence-electron chi connectivity index (χ3n) is 5.10. The van der Waals surface area contributed by atoms with E-state index < -0.39 is 11.9 Å². The van der Waals surface area contributed by atoms with Gasteiger partial charge in [0, 0.05) is 11.1 Å². The van der Waals surface area contributed by atoms with Crippen molar-refractivity contribution in [3.63, 3.8) is 0 Å². The molecule has 1 N–H and O–H groups in total. The number of hydrogen-bond acceptors (Lipinski definition) is 8. The molecule has 0 atom stereocenters. The molecule has 196 valence electrons. The van der Waals surface area contributed by atoms with Crippen LogP contribution in [-0.4, -0.2) is 44.0 Å². The van der Waals surface area contributed by atoms with E-state index in [1.807, 2.05) is 20.8 Å². The van der Waals surface area contributed by atoms with Crippen LogP contribution in [0.5, 0.6) is 23.0 Å². The molecular formula is C28H30ClNO7. The molecule has 0 spiro atoms. The van der Waals surface area contributed by atoms with Crippen molar-refractivity contribution in [2.75, 3.05) is 20.8 Å². The first-order valence-electron chi connectivity index (χ1n) is 11.2. The van der Waals surface area contributed by atoms with Crippen LogP contribution in [0.3, 0.4) is 0 Å². The molecule has 0 aliphatic heterocycles. The number of carbonyl (C=O) groups excluding carboxylic acids is 3. The van der Waals surface area contributed by atoms with Gasteiger partial charge in [-0.1, -0.05) is 0 Å². The lowest BCUT2D eigenvalue weighted by Gasteiger charge is -2.20. The standard InChI is InChI=1S/C28H29NO7.ClH/c1-28(2,3)29-17-23(30)20-10-15-24(35-26(31)18-6-11-21(33-4)12-7-18)25(16-20)36-27(32)19-8-13-22(34-5)14-9-19;/h6-16,29H,17H2,1-5H3;1H. The minimum Gasteiger partial charge on any atom is -0.497 e. The topological polar surface area (TPSA) is 100 Å². The summed E-state index contributed by atoms with van der Waals surface area (Å²) in [5.74, 6) is -0.436. The van der Waals surface area contributed by atoms with Gasteiger partial charge in [0.05, 0.1) is 31.9 Å². The highest BCUT2D eigenvalue weighted by Crippen LogP contribution is 2.31. The third kappa shape index (κ3) is 8.34. The molecular weight excluding hydrogens is 498 g/mol. The van der Waals surface area contributed by atoms with Crippen molar-refractivity contribution >= 4 is 30.1 Å². The van der Waals surface area contributed by atoms with Gasteiger partial charge in [-0.2, -0.15) is 0 Å². The second-order valence-corrected chi connectivity index (χ2v) is 8.92. The monoisotopic (exact) mass is 527 g/mol. The number of esters is 2. The minimum atomic E-state index is -0.684. The van der Waals surface area contributed by atoms with Gasteiger partial charge in [0.15, 0.2) is 17.3 Å². The van der Waals surface area contributed by atoms with Crippen LogP contribution in [-0.2, 0) is 0 Å². The number of Topliss-reactive ketones (excluding diaryl/α,β-unsaturated/α-hetero) is 1. The Morgan fingerprint density at radius 3 is 1.54 bits per heavy atom. The predicted molar refractivity (Wildman–Crippen MR) is 142 cm³/mol. The minimum absolute atomic E-state index is 0. The van der Waals surface area contributed by atoms with E-state index in [9.17, 15) is 14.4 Å². The second-order valence-electron chi connectivity index (χ2n) is 8.92. The van der Waals surface area contributed by atoms with Gasteiger partial charge in [-0.3, -0.25) is 4.79 Å². The Labute approximate surface area is 222 Å². The van der Waals surface area contributed by atoms with E-state index in [-0.39, 0.29) is 52.9 Å². The quantitative estimate of drug-likeness (QED) is 0.232. The number of rotatable bonds is 9. The van der Waals surface area contributed by atoms with Gasteiger partial charge in [-0.05, 0) is 87.5 Å². The Kier molecular flexibility index (Phi) is 10.2. The van der Waals surface area contributed by atoms with Gasteiger partial charge in [0.2, 0.25) is 0 Å². The van der Waals surface area contributed by atoms with E-state index in [1.165, 1.54) is 32.4 Å². The number of hydrogen-bond donors (Lipinski definition) is 1. The zero-order chi connectivity index (χ0) is 26.3. The first-order valence-corrected chi connectivity index (χ1v) is 11.2. The van der Waals surface area contributed by atoms with Crippen LogP contribution < -0.4 is 24.3 Å². The number of halogens is 1. The molecule has 0 bridgehead atoms. The molecule has 0 amide bonds.